The normalized spacial score (nSPS) is 10.0. The van der Waals surface area contributed by atoms with E-state index in [2.05, 4.69) is 4.98 Å². The van der Waals surface area contributed by atoms with E-state index in [4.69, 9.17) is 5.73 Å². The zero-order valence-electron chi connectivity index (χ0n) is 12.7. The van der Waals surface area contributed by atoms with Gasteiger partial charge in [-0.3, -0.25) is 0 Å². The van der Waals surface area contributed by atoms with Crippen molar-refractivity contribution in [3.63, 3.8) is 0 Å². The summed E-state index contributed by atoms with van der Waals surface area (Å²) in [6.07, 6.45) is 3.55. The minimum absolute atomic E-state index is 0. The number of H-pyrrole nitrogens is 1. The van der Waals surface area contributed by atoms with Gasteiger partial charge in [0.05, 0.1) is 14.2 Å². The Hall–Kier alpha value is -1.99. The van der Waals surface area contributed by atoms with E-state index in [0.717, 1.165) is 5.69 Å². The number of nitrogen functional groups attached to an aromatic ring is 1. The molecule has 0 atom stereocenters. The van der Waals surface area contributed by atoms with E-state index in [1.165, 1.54) is 12.1 Å². The number of aromatic amines is 1. The van der Waals surface area contributed by atoms with Gasteiger partial charge in [0.25, 0.3) is 0 Å². The Morgan fingerprint density at radius 1 is 1.08 bits per heavy atom. The van der Waals surface area contributed by atoms with Gasteiger partial charge in [-0.2, -0.15) is 0 Å². The number of phenols is 1. The zero-order valence-corrected chi connectivity index (χ0v) is 15.7. The van der Waals surface area contributed by atoms with E-state index in [9.17, 15) is 18.1 Å². The summed E-state index contributed by atoms with van der Waals surface area (Å²) in [5.41, 5.74) is 6.09. The maximum Gasteiger partial charge on any atom is 0.190 e. The van der Waals surface area contributed by atoms with E-state index < -0.39 is 10.1 Å². The van der Waals surface area contributed by atoms with Gasteiger partial charge < -0.3 is 26.3 Å². The number of nitrogens with one attached hydrogen (secondary N) is 1. The standard InChI is InChI=1S/C10H7IO4S.C5H6N2.2H2O/c11-8-5-9(16(13,14)15)6-3-1-2-4-7(6)10(8)12;6-5-2-1-3-7-4-5;;/h1-5,12H,(H,13,14,15);1-4H,6H2;2*1H2. The second-order valence-electron chi connectivity index (χ2n) is 4.54. The van der Waals surface area contributed by atoms with Crippen LogP contribution in [0.3, 0.4) is 0 Å². The SMILES string of the molecule is Nc1ccc[nH+]c1.O.O.O=S(=O)([O-])c1cc(I)c(O)c2ccccc12. The summed E-state index contributed by atoms with van der Waals surface area (Å²) in [5.74, 6) is -0.0106. The molecule has 25 heavy (non-hydrogen) atoms. The number of halogens is 1. The third kappa shape index (κ3) is 5.79. The molecule has 10 heteroatoms. The maximum atomic E-state index is 11.1. The number of hydrogen-bond acceptors (Lipinski definition) is 5. The largest absolute Gasteiger partial charge is 0.744 e. The van der Waals surface area contributed by atoms with Crippen molar-refractivity contribution in [1.82, 2.24) is 0 Å². The molecule has 1 heterocycles. The first-order chi connectivity index (χ1) is 10.8. The Morgan fingerprint density at radius 3 is 2.12 bits per heavy atom. The summed E-state index contributed by atoms with van der Waals surface area (Å²) in [5, 5.41) is 10.4. The number of hydrogen-bond donors (Lipinski definition) is 2. The van der Waals surface area contributed by atoms with Crippen LogP contribution in [-0.4, -0.2) is 29.0 Å². The molecule has 0 saturated carbocycles. The highest BCUT2D eigenvalue weighted by molar-refractivity contribution is 14.1. The van der Waals surface area contributed by atoms with Crippen molar-refractivity contribution in [2.24, 2.45) is 0 Å². The molecule has 8 nitrogen and oxygen atoms in total. The number of aromatic nitrogens is 1. The van der Waals surface area contributed by atoms with Gasteiger partial charge in [-0.25, -0.2) is 13.4 Å². The van der Waals surface area contributed by atoms with Crippen LogP contribution in [0, 0.1) is 3.57 Å². The summed E-state index contributed by atoms with van der Waals surface area (Å²) in [6, 6.07) is 11.2. The van der Waals surface area contributed by atoms with Crippen molar-refractivity contribution in [3.05, 3.63) is 58.4 Å². The van der Waals surface area contributed by atoms with Crippen molar-refractivity contribution in [3.8, 4) is 5.75 Å². The third-order valence-electron chi connectivity index (χ3n) is 2.93. The number of benzene rings is 2. The van der Waals surface area contributed by atoms with Gasteiger partial charge in [-0.05, 0) is 34.7 Å². The first-order valence-corrected chi connectivity index (χ1v) is 8.87. The number of aromatic hydroxyl groups is 1. The first kappa shape index (κ1) is 23.0. The summed E-state index contributed by atoms with van der Waals surface area (Å²) >= 11 is 1.78. The molecule has 0 amide bonds. The Bertz CT molecular complexity index is 935. The van der Waals surface area contributed by atoms with E-state index in [-0.39, 0.29) is 27.0 Å². The number of phenolic OH excluding ortho intramolecular Hbond substituents is 1. The van der Waals surface area contributed by atoms with Crippen LogP contribution in [0.1, 0.15) is 0 Å². The number of nitrogens with two attached hydrogens (primary N) is 1. The van der Waals surface area contributed by atoms with Crippen molar-refractivity contribution < 1.29 is 34.0 Å². The Kier molecular flexibility index (Phi) is 8.73. The fourth-order valence-electron chi connectivity index (χ4n) is 1.91. The molecular formula is C15H17IN2O6S. The molecule has 0 saturated heterocycles. The van der Waals surface area contributed by atoms with Gasteiger partial charge in [0.2, 0.25) is 0 Å². The van der Waals surface area contributed by atoms with Crippen LogP contribution in [0.5, 0.6) is 5.75 Å². The predicted molar refractivity (Wildman–Crippen MR) is 101 cm³/mol. The van der Waals surface area contributed by atoms with E-state index >= 15 is 0 Å². The van der Waals surface area contributed by atoms with Crippen molar-refractivity contribution in [1.29, 1.82) is 0 Å². The second-order valence-corrected chi connectivity index (χ2v) is 7.05. The van der Waals surface area contributed by atoms with Crippen LogP contribution in [0.25, 0.3) is 10.8 Å². The van der Waals surface area contributed by atoms with Gasteiger partial charge in [0.15, 0.2) is 12.4 Å². The molecule has 0 radical (unpaired) electrons. The Morgan fingerprint density at radius 2 is 1.68 bits per heavy atom. The van der Waals surface area contributed by atoms with Crippen molar-refractivity contribution in [2.45, 2.75) is 4.90 Å². The van der Waals surface area contributed by atoms with Crippen LogP contribution >= 0.6 is 22.6 Å². The van der Waals surface area contributed by atoms with Crippen LogP contribution in [0.15, 0.2) is 59.8 Å². The fourth-order valence-corrected chi connectivity index (χ4v) is 3.43. The molecule has 0 fully saturated rings. The molecule has 0 aliphatic heterocycles. The zero-order chi connectivity index (χ0) is 17.0. The maximum absolute atomic E-state index is 11.1. The van der Waals surface area contributed by atoms with Crippen LogP contribution in [0.4, 0.5) is 5.69 Å². The Balaban J connectivity index is 0.000000547. The lowest BCUT2D eigenvalue weighted by molar-refractivity contribution is -0.376. The molecule has 136 valence electrons. The van der Waals surface area contributed by atoms with Gasteiger partial charge in [-0.1, -0.05) is 24.3 Å². The molecule has 8 N–H and O–H groups in total. The molecule has 0 aliphatic rings. The van der Waals surface area contributed by atoms with Crippen molar-refractivity contribution in [2.75, 3.05) is 5.73 Å². The highest BCUT2D eigenvalue weighted by Gasteiger charge is 2.13. The van der Waals surface area contributed by atoms with Crippen LogP contribution in [-0.2, 0) is 10.1 Å². The van der Waals surface area contributed by atoms with E-state index in [1.54, 1.807) is 47.0 Å². The summed E-state index contributed by atoms with van der Waals surface area (Å²) in [7, 11) is -4.53. The molecule has 3 aromatic rings. The summed E-state index contributed by atoms with van der Waals surface area (Å²) in [6.45, 7) is 0. The van der Waals surface area contributed by atoms with Crippen LogP contribution < -0.4 is 10.7 Å². The average Bonchev–Trinajstić information content (AvgIpc) is 2.51. The topological polar surface area (TPSA) is 181 Å². The van der Waals surface area contributed by atoms with Crippen molar-refractivity contribution >= 4 is 49.2 Å². The lowest BCUT2D eigenvalue weighted by Crippen LogP contribution is -2.00. The molecule has 0 aliphatic carbocycles. The first-order valence-electron chi connectivity index (χ1n) is 6.38. The Labute approximate surface area is 157 Å². The van der Waals surface area contributed by atoms with Gasteiger partial charge in [0, 0.05) is 16.8 Å². The average molecular weight is 480 g/mol. The summed E-state index contributed by atoms with van der Waals surface area (Å²) < 4.78 is 33.5. The highest BCUT2D eigenvalue weighted by Crippen LogP contribution is 2.34. The number of pyridine rings is 1. The smallest absolute Gasteiger partial charge is 0.190 e. The van der Waals surface area contributed by atoms with Crippen LogP contribution in [0.2, 0.25) is 0 Å². The molecule has 1 aromatic heterocycles. The third-order valence-corrected chi connectivity index (χ3v) is 4.63. The molecule has 2 aromatic carbocycles. The number of fused-ring (bicyclic) bond motifs is 1. The molecule has 3 rings (SSSR count). The second kappa shape index (κ2) is 9.48. The quantitative estimate of drug-likeness (QED) is 0.379. The molecule has 0 unspecified atom stereocenters. The summed E-state index contributed by atoms with van der Waals surface area (Å²) in [4.78, 5) is 2.54. The lowest BCUT2D eigenvalue weighted by Gasteiger charge is -2.12. The minimum atomic E-state index is -4.53. The van der Waals surface area contributed by atoms with Gasteiger partial charge in [-0.15, -0.1) is 0 Å². The minimum Gasteiger partial charge on any atom is -0.744 e. The van der Waals surface area contributed by atoms with E-state index in [1.807, 2.05) is 18.3 Å². The molecule has 0 spiro atoms. The predicted octanol–water partition coefficient (Wildman–Crippen LogP) is 0.488. The number of rotatable bonds is 1. The fraction of sp³-hybridized carbons (Fsp3) is 0. The molecule has 0 bridgehead atoms. The van der Waals surface area contributed by atoms with E-state index in [0.29, 0.717) is 8.96 Å². The molecular weight excluding hydrogens is 463 g/mol. The highest BCUT2D eigenvalue weighted by atomic mass is 127. The van der Waals surface area contributed by atoms with Gasteiger partial charge in [0.1, 0.15) is 15.9 Å². The monoisotopic (exact) mass is 480 g/mol. The van der Waals surface area contributed by atoms with Gasteiger partial charge >= 0.3 is 0 Å². The number of anilines is 1. The lowest BCUT2D eigenvalue weighted by atomic mass is 10.1.